The van der Waals surface area contributed by atoms with Crippen molar-refractivity contribution in [3.8, 4) is 11.5 Å². The highest BCUT2D eigenvalue weighted by molar-refractivity contribution is 7.99. The molecule has 2 amide bonds. The van der Waals surface area contributed by atoms with Crippen LogP contribution in [0, 0.1) is 0 Å². The van der Waals surface area contributed by atoms with E-state index in [4.69, 9.17) is 14.2 Å². The maximum absolute atomic E-state index is 12.1. The molecule has 2 aromatic heterocycles. The summed E-state index contributed by atoms with van der Waals surface area (Å²) in [6, 6.07) is 3.92. The number of fused-ring (bicyclic) bond motifs is 2. The molecule has 0 unspecified atom stereocenters. The van der Waals surface area contributed by atoms with E-state index in [9.17, 15) is 9.59 Å². The summed E-state index contributed by atoms with van der Waals surface area (Å²) in [5.74, 6) is 3.40. The standard InChI is InChI=1S/C22H30N2O5S3/c1-17(25)23-5-7-27-8-6-24(18(2)26)16-22-20(4-12-32-22)29-10-14-30-13-9-28-19-3-11-31-21(19)15-23/h3-4,11-12H,5-10,13-16H2,1-2H3. The van der Waals surface area contributed by atoms with Gasteiger partial charge in [0, 0.05) is 38.4 Å². The highest BCUT2D eigenvalue weighted by Gasteiger charge is 2.16. The molecule has 7 nitrogen and oxygen atoms in total. The molecule has 32 heavy (non-hydrogen) atoms. The van der Waals surface area contributed by atoms with Crippen molar-refractivity contribution in [3.05, 3.63) is 32.6 Å². The Morgan fingerprint density at radius 2 is 1.25 bits per heavy atom. The van der Waals surface area contributed by atoms with Gasteiger partial charge >= 0.3 is 0 Å². The largest absolute Gasteiger partial charge is 0.491 e. The quantitative estimate of drug-likeness (QED) is 0.551. The Bertz CT molecular complexity index is 801. The number of thioether (sulfide) groups is 1. The SMILES string of the molecule is CC(=O)N1CCOCCN(C(C)=O)Cc2sccc2OCCSCCOc2ccsc2C1. The molecule has 0 aliphatic carbocycles. The van der Waals surface area contributed by atoms with Crippen LogP contribution in [0.25, 0.3) is 0 Å². The van der Waals surface area contributed by atoms with Gasteiger partial charge in [0.05, 0.1) is 49.3 Å². The number of amides is 2. The molecule has 176 valence electrons. The van der Waals surface area contributed by atoms with Crippen LogP contribution in [0.2, 0.25) is 0 Å². The van der Waals surface area contributed by atoms with Crippen LogP contribution >= 0.6 is 34.4 Å². The van der Waals surface area contributed by atoms with Gasteiger partial charge in [-0.05, 0) is 22.9 Å². The molecule has 0 saturated carbocycles. The van der Waals surface area contributed by atoms with Crippen LogP contribution in [-0.4, -0.2) is 72.6 Å². The second kappa shape index (κ2) is 13.1. The van der Waals surface area contributed by atoms with Gasteiger partial charge in [-0.1, -0.05) is 0 Å². The van der Waals surface area contributed by atoms with Crippen molar-refractivity contribution >= 4 is 46.2 Å². The maximum atomic E-state index is 12.1. The molecule has 0 atom stereocenters. The Morgan fingerprint density at radius 3 is 1.69 bits per heavy atom. The fourth-order valence-electron chi connectivity index (χ4n) is 3.16. The first-order valence-electron chi connectivity index (χ1n) is 10.6. The number of ether oxygens (including phenoxy) is 3. The molecule has 0 spiro atoms. The molecule has 0 bridgehead atoms. The first-order valence-corrected chi connectivity index (χ1v) is 13.5. The zero-order valence-electron chi connectivity index (χ0n) is 18.5. The Kier molecular flexibility index (Phi) is 10.2. The van der Waals surface area contributed by atoms with E-state index in [1.165, 1.54) is 0 Å². The van der Waals surface area contributed by atoms with E-state index < -0.39 is 0 Å². The van der Waals surface area contributed by atoms with E-state index in [-0.39, 0.29) is 11.8 Å². The molecule has 0 aromatic carbocycles. The Balaban J connectivity index is 1.65. The monoisotopic (exact) mass is 498 g/mol. The van der Waals surface area contributed by atoms with Crippen molar-refractivity contribution in [1.29, 1.82) is 0 Å². The van der Waals surface area contributed by atoms with Gasteiger partial charge in [-0.15, -0.1) is 22.7 Å². The summed E-state index contributed by atoms with van der Waals surface area (Å²) in [7, 11) is 0. The summed E-state index contributed by atoms with van der Waals surface area (Å²) < 4.78 is 17.7. The average molecular weight is 499 g/mol. The van der Waals surface area contributed by atoms with Crippen molar-refractivity contribution < 1.29 is 23.8 Å². The number of hydrogen-bond donors (Lipinski definition) is 0. The minimum Gasteiger partial charge on any atom is -0.491 e. The van der Waals surface area contributed by atoms with Crippen LogP contribution in [0.4, 0.5) is 0 Å². The van der Waals surface area contributed by atoms with Gasteiger partial charge in [-0.3, -0.25) is 9.59 Å². The Hall–Kier alpha value is -1.75. The van der Waals surface area contributed by atoms with Gasteiger partial charge in [-0.2, -0.15) is 11.8 Å². The predicted octanol–water partition coefficient (Wildman–Crippen LogP) is 3.73. The molecule has 3 heterocycles. The summed E-state index contributed by atoms with van der Waals surface area (Å²) >= 11 is 4.97. The first kappa shape index (κ1) is 24.9. The number of hydrogen-bond acceptors (Lipinski definition) is 8. The second-order valence-electron chi connectivity index (χ2n) is 7.22. The number of rotatable bonds is 0. The van der Waals surface area contributed by atoms with Gasteiger partial charge < -0.3 is 24.0 Å². The summed E-state index contributed by atoms with van der Waals surface area (Å²) in [6.07, 6.45) is 0. The molecule has 0 saturated heterocycles. The molecule has 0 radical (unpaired) electrons. The smallest absolute Gasteiger partial charge is 0.219 e. The molecule has 2 aromatic rings. The van der Waals surface area contributed by atoms with Crippen LogP contribution in [0.3, 0.4) is 0 Å². The lowest BCUT2D eigenvalue weighted by Crippen LogP contribution is -2.34. The third-order valence-electron chi connectivity index (χ3n) is 4.95. The Morgan fingerprint density at radius 1 is 0.781 bits per heavy atom. The highest BCUT2D eigenvalue weighted by Crippen LogP contribution is 2.28. The summed E-state index contributed by atoms with van der Waals surface area (Å²) in [6.45, 7) is 7.18. The van der Waals surface area contributed by atoms with E-state index >= 15 is 0 Å². The molecule has 0 N–H and O–H groups in total. The van der Waals surface area contributed by atoms with E-state index in [2.05, 4.69) is 0 Å². The molecule has 1 aliphatic heterocycles. The lowest BCUT2D eigenvalue weighted by atomic mass is 10.3. The second-order valence-corrected chi connectivity index (χ2v) is 10.4. The number of carbonyl (C=O) groups excluding carboxylic acids is 2. The molecule has 0 fully saturated rings. The molecular formula is C22H30N2O5S3. The van der Waals surface area contributed by atoms with Crippen molar-refractivity contribution in [1.82, 2.24) is 9.80 Å². The zero-order valence-corrected chi connectivity index (χ0v) is 21.0. The molecule has 1 aliphatic rings. The topological polar surface area (TPSA) is 68.3 Å². The number of thiophene rings is 2. The summed E-state index contributed by atoms with van der Waals surface area (Å²) in [5, 5.41) is 3.98. The number of nitrogens with zero attached hydrogens (tertiary/aromatic N) is 2. The van der Waals surface area contributed by atoms with Crippen molar-refractivity contribution in [3.63, 3.8) is 0 Å². The van der Waals surface area contributed by atoms with Crippen LogP contribution in [-0.2, 0) is 27.4 Å². The number of carbonyl (C=O) groups is 2. The van der Waals surface area contributed by atoms with Gasteiger partial charge in [-0.25, -0.2) is 0 Å². The molecule has 10 heteroatoms. The van der Waals surface area contributed by atoms with Gasteiger partial charge in [0.1, 0.15) is 11.5 Å². The van der Waals surface area contributed by atoms with Crippen LogP contribution in [0.1, 0.15) is 23.6 Å². The third kappa shape index (κ3) is 7.68. The Labute approximate surface area is 201 Å². The van der Waals surface area contributed by atoms with Crippen molar-refractivity contribution in [2.24, 2.45) is 0 Å². The van der Waals surface area contributed by atoms with Crippen LogP contribution < -0.4 is 9.47 Å². The van der Waals surface area contributed by atoms with Gasteiger partial charge in [0.15, 0.2) is 0 Å². The van der Waals surface area contributed by atoms with E-state index in [0.717, 1.165) is 32.8 Å². The van der Waals surface area contributed by atoms with Crippen LogP contribution in [0.15, 0.2) is 22.9 Å². The lowest BCUT2D eigenvalue weighted by molar-refractivity contribution is -0.130. The fraction of sp³-hybridized carbons (Fsp3) is 0.545. The van der Waals surface area contributed by atoms with Gasteiger partial charge in [0.2, 0.25) is 11.8 Å². The summed E-state index contributed by atoms with van der Waals surface area (Å²) in [5.41, 5.74) is 0. The average Bonchev–Trinajstić information content (AvgIpc) is 3.39. The predicted molar refractivity (Wildman–Crippen MR) is 130 cm³/mol. The minimum absolute atomic E-state index is 0.00114. The summed E-state index contributed by atoms with van der Waals surface area (Å²) in [4.78, 5) is 29.9. The van der Waals surface area contributed by atoms with E-state index in [1.807, 2.05) is 22.9 Å². The zero-order chi connectivity index (χ0) is 22.8. The van der Waals surface area contributed by atoms with Crippen LogP contribution in [0.5, 0.6) is 11.5 Å². The minimum atomic E-state index is 0.00114. The van der Waals surface area contributed by atoms with E-state index in [0.29, 0.717) is 52.6 Å². The molecular weight excluding hydrogens is 468 g/mol. The van der Waals surface area contributed by atoms with Gasteiger partial charge in [0.25, 0.3) is 0 Å². The highest BCUT2D eigenvalue weighted by atomic mass is 32.2. The fourth-order valence-corrected chi connectivity index (χ4v) is 5.43. The normalized spacial score (nSPS) is 17.4. The lowest BCUT2D eigenvalue weighted by Gasteiger charge is -2.23. The van der Waals surface area contributed by atoms with E-state index in [1.54, 1.807) is 58.1 Å². The first-order chi connectivity index (χ1) is 15.5. The van der Waals surface area contributed by atoms with Crippen molar-refractivity contribution in [2.45, 2.75) is 26.9 Å². The van der Waals surface area contributed by atoms with Crippen molar-refractivity contribution in [2.75, 3.05) is 51.0 Å². The maximum Gasteiger partial charge on any atom is 0.219 e. The third-order valence-corrected chi connectivity index (χ3v) is 7.63. The molecule has 3 rings (SSSR count).